The molecule has 26 heavy (non-hydrogen) atoms. The summed E-state index contributed by atoms with van der Waals surface area (Å²) in [6, 6.07) is 13.3. The molecule has 0 spiro atoms. The molecule has 3 N–H and O–H groups in total. The fraction of sp³-hybridized carbons (Fsp3) is 0.368. The van der Waals surface area contributed by atoms with Gasteiger partial charge in [0.2, 0.25) is 0 Å². The summed E-state index contributed by atoms with van der Waals surface area (Å²) in [5, 5.41) is 27.7. The highest BCUT2D eigenvalue weighted by molar-refractivity contribution is 7.99. The molecule has 2 aromatic rings. The van der Waals surface area contributed by atoms with Crippen LogP contribution in [0.15, 0.2) is 52.3 Å². The molecule has 0 saturated carbocycles. The Morgan fingerprint density at radius 2 is 2.04 bits per heavy atom. The third kappa shape index (κ3) is 4.82. The molecular formula is C19H23N3O3S. The van der Waals surface area contributed by atoms with Gasteiger partial charge in [0, 0.05) is 43.1 Å². The average Bonchev–Trinajstić information content (AvgIpc) is 3.03. The second-order valence-electron chi connectivity index (χ2n) is 6.59. The summed E-state index contributed by atoms with van der Waals surface area (Å²) in [6.45, 7) is 4.66. The minimum Gasteiger partial charge on any atom is -0.391 e. The number of β-amino-alcohol motifs (C(OH)–C–C–N with tert-alkyl or cyclic N) is 1. The molecule has 0 aromatic heterocycles. The first-order chi connectivity index (χ1) is 12.5. The van der Waals surface area contributed by atoms with Gasteiger partial charge in [-0.2, -0.15) is 0 Å². The molecule has 1 fully saturated rings. The molecule has 2 atom stereocenters. The van der Waals surface area contributed by atoms with Gasteiger partial charge in [0.25, 0.3) is 5.69 Å². The van der Waals surface area contributed by atoms with E-state index in [-0.39, 0.29) is 22.6 Å². The fourth-order valence-electron chi connectivity index (χ4n) is 2.96. The topological polar surface area (TPSA) is 87.4 Å². The Morgan fingerprint density at radius 3 is 2.69 bits per heavy atom. The quantitative estimate of drug-likeness (QED) is 0.511. The van der Waals surface area contributed by atoms with Crippen LogP contribution < -0.4 is 10.6 Å². The van der Waals surface area contributed by atoms with Crippen LogP contribution in [0.25, 0.3) is 0 Å². The predicted octanol–water partition coefficient (Wildman–Crippen LogP) is 2.72. The van der Waals surface area contributed by atoms with Crippen LogP contribution in [0.3, 0.4) is 0 Å². The van der Waals surface area contributed by atoms with E-state index < -0.39 is 0 Å². The minimum atomic E-state index is -0.329. The van der Waals surface area contributed by atoms with Crippen LogP contribution in [0, 0.1) is 23.0 Å². The summed E-state index contributed by atoms with van der Waals surface area (Å²) in [4.78, 5) is 12.8. The molecule has 1 heterocycles. The van der Waals surface area contributed by atoms with Crippen molar-refractivity contribution >= 4 is 17.4 Å². The number of nitrogens with one attached hydrogen (secondary N) is 2. The third-order valence-electron chi connectivity index (χ3n) is 4.51. The van der Waals surface area contributed by atoms with Gasteiger partial charge in [0.15, 0.2) is 0 Å². The molecule has 1 aliphatic rings. The lowest BCUT2D eigenvalue weighted by molar-refractivity contribution is -0.387. The lowest BCUT2D eigenvalue weighted by Gasteiger charge is -2.14. The van der Waals surface area contributed by atoms with Crippen LogP contribution in [-0.4, -0.2) is 35.8 Å². The maximum atomic E-state index is 11.5. The van der Waals surface area contributed by atoms with Gasteiger partial charge < -0.3 is 15.7 Å². The van der Waals surface area contributed by atoms with Crippen molar-refractivity contribution in [1.82, 2.24) is 10.6 Å². The van der Waals surface area contributed by atoms with Crippen LogP contribution in [0.1, 0.15) is 11.1 Å². The van der Waals surface area contributed by atoms with E-state index in [0.717, 1.165) is 22.6 Å². The normalized spacial score (nSPS) is 19.6. The van der Waals surface area contributed by atoms with E-state index in [9.17, 15) is 15.2 Å². The summed E-state index contributed by atoms with van der Waals surface area (Å²) in [6.07, 6.45) is -0.329. The zero-order valence-corrected chi connectivity index (χ0v) is 15.5. The zero-order valence-electron chi connectivity index (χ0n) is 14.6. The molecule has 1 aliphatic heterocycles. The molecule has 2 unspecified atom stereocenters. The van der Waals surface area contributed by atoms with Crippen molar-refractivity contribution < 1.29 is 10.0 Å². The van der Waals surface area contributed by atoms with Gasteiger partial charge in [0.05, 0.1) is 15.9 Å². The highest BCUT2D eigenvalue weighted by Gasteiger charge is 2.24. The van der Waals surface area contributed by atoms with E-state index in [1.807, 2.05) is 43.3 Å². The summed E-state index contributed by atoms with van der Waals surface area (Å²) < 4.78 is 0. The summed E-state index contributed by atoms with van der Waals surface area (Å²) in [5.41, 5.74) is 2.15. The molecule has 2 aromatic carbocycles. The molecule has 6 nitrogen and oxygen atoms in total. The van der Waals surface area contributed by atoms with Crippen molar-refractivity contribution in [2.45, 2.75) is 29.4 Å². The van der Waals surface area contributed by atoms with Gasteiger partial charge in [-0.25, -0.2) is 0 Å². The molecule has 0 bridgehead atoms. The smallest absolute Gasteiger partial charge is 0.283 e. The van der Waals surface area contributed by atoms with E-state index >= 15 is 0 Å². The number of nitrogens with zero attached hydrogens (tertiary/aromatic N) is 1. The van der Waals surface area contributed by atoms with Crippen molar-refractivity contribution in [1.29, 1.82) is 0 Å². The number of aryl methyl sites for hydroxylation is 1. The Morgan fingerprint density at radius 1 is 1.27 bits per heavy atom. The SMILES string of the molecule is Cc1ccc(Sc2ccc(CNCC3CNCC3O)cc2[N+](=O)[O-])cc1. The average molecular weight is 373 g/mol. The molecule has 7 heteroatoms. The Labute approximate surface area is 157 Å². The molecule has 0 radical (unpaired) electrons. The summed E-state index contributed by atoms with van der Waals surface area (Å²) in [5.74, 6) is 0.182. The summed E-state index contributed by atoms with van der Waals surface area (Å²) in [7, 11) is 0. The van der Waals surface area contributed by atoms with Crippen LogP contribution in [-0.2, 0) is 6.54 Å². The molecule has 0 aliphatic carbocycles. The van der Waals surface area contributed by atoms with Gasteiger partial charge in [-0.3, -0.25) is 10.1 Å². The van der Waals surface area contributed by atoms with Crippen LogP contribution in [0.4, 0.5) is 5.69 Å². The number of benzene rings is 2. The lowest BCUT2D eigenvalue weighted by atomic mass is 10.1. The Hall–Kier alpha value is -1.93. The van der Waals surface area contributed by atoms with Gasteiger partial charge >= 0.3 is 0 Å². The number of rotatable bonds is 7. The highest BCUT2D eigenvalue weighted by Crippen LogP contribution is 2.35. The van der Waals surface area contributed by atoms with Crippen molar-refractivity contribution in [2.75, 3.05) is 19.6 Å². The molecule has 1 saturated heterocycles. The third-order valence-corrected chi connectivity index (χ3v) is 5.58. The van der Waals surface area contributed by atoms with Crippen molar-refractivity contribution in [2.24, 2.45) is 5.92 Å². The fourth-order valence-corrected chi connectivity index (χ4v) is 3.86. The first kappa shape index (κ1) is 18.8. The number of hydrogen-bond acceptors (Lipinski definition) is 6. The number of hydrogen-bond donors (Lipinski definition) is 3. The monoisotopic (exact) mass is 373 g/mol. The molecular weight excluding hydrogens is 350 g/mol. The second kappa shape index (κ2) is 8.64. The largest absolute Gasteiger partial charge is 0.391 e. The van der Waals surface area contributed by atoms with Crippen molar-refractivity contribution in [3.63, 3.8) is 0 Å². The maximum Gasteiger partial charge on any atom is 0.283 e. The van der Waals surface area contributed by atoms with E-state index in [2.05, 4.69) is 10.6 Å². The Kier molecular flexibility index (Phi) is 6.26. The van der Waals surface area contributed by atoms with E-state index in [1.54, 1.807) is 6.07 Å². The number of aliphatic hydroxyl groups is 1. The van der Waals surface area contributed by atoms with E-state index in [1.165, 1.54) is 11.8 Å². The summed E-state index contributed by atoms with van der Waals surface area (Å²) >= 11 is 1.40. The minimum absolute atomic E-state index is 0.123. The van der Waals surface area contributed by atoms with Gasteiger partial charge in [-0.05, 0) is 30.7 Å². The predicted molar refractivity (Wildman–Crippen MR) is 102 cm³/mol. The molecule has 138 valence electrons. The van der Waals surface area contributed by atoms with Gasteiger partial charge in [-0.1, -0.05) is 35.5 Å². The standard InChI is InChI=1S/C19H23N3O3S/c1-13-2-5-16(6-3-13)26-19-7-4-14(8-17(19)22(24)25)9-20-10-15-11-21-12-18(15)23/h2-8,15,18,20-21,23H,9-12H2,1H3. The molecule has 3 rings (SSSR count). The van der Waals surface area contributed by atoms with Gasteiger partial charge in [0.1, 0.15) is 0 Å². The zero-order chi connectivity index (χ0) is 18.5. The number of nitro benzene ring substituents is 1. The first-order valence-electron chi connectivity index (χ1n) is 8.64. The lowest BCUT2D eigenvalue weighted by Crippen LogP contribution is -2.30. The van der Waals surface area contributed by atoms with Crippen LogP contribution in [0.5, 0.6) is 0 Å². The Bertz CT molecular complexity index is 767. The number of aliphatic hydroxyl groups excluding tert-OH is 1. The second-order valence-corrected chi connectivity index (χ2v) is 7.71. The van der Waals surface area contributed by atoms with Crippen LogP contribution in [0.2, 0.25) is 0 Å². The maximum absolute atomic E-state index is 11.5. The van der Waals surface area contributed by atoms with E-state index in [0.29, 0.717) is 24.5 Å². The van der Waals surface area contributed by atoms with Gasteiger partial charge in [-0.15, -0.1) is 0 Å². The first-order valence-corrected chi connectivity index (χ1v) is 9.46. The highest BCUT2D eigenvalue weighted by atomic mass is 32.2. The molecule has 0 amide bonds. The number of nitro groups is 1. The Balaban J connectivity index is 1.66. The van der Waals surface area contributed by atoms with E-state index in [4.69, 9.17) is 0 Å². The van der Waals surface area contributed by atoms with Crippen LogP contribution >= 0.6 is 11.8 Å². The van der Waals surface area contributed by atoms with Crippen molar-refractivity contribution in [3.8, 4) is 0 Å². The van der Waals surface area contributed by atoms with Crippen molar-refractivity contribution in [3.05, 3.63) is 63.7 Å².